The van der Waals surface area contributed by atoms with Gasteiger partial charge in [0.15, 0.2) is 0 Å². The summed E-state index contributed by atoms with van der Waals surface area (Å²) in [6.07, 6.45) is 7.62. The summed E-state index contributed by atoms with van der Waals surface area (Å²) in [4.78, 5) is 4.03. The molecule has 1 spiro atoms. The number of aliphatic hydroxyl groups is 1. The van der Waals surface area contributed by atoms with E-state index in [1.165, 1.54) is 0 Å². The number of aliphatic hydroxyl groups excluding tert-OH is 1. The van der Waals surface area contributed by atoms with Crippen LogP contribution in [0.4, 0.5) is 0 Å². The molecule has 0 radical (unpaired) electrons. The zero-order valence-electron chi connectivity index (χ0n) is 10.3. The van der Waals surface area contributed by atoms with Crippen molar-refractivity contribution in [2.75, 3.05) is 13.3 Å². The van der Waals surface area contributed by atoms with Crippen LogP contribution in [0, 0.1) is 0 Å². The first kappa shape index (κ1) is 11.8. The molecule has 0 aromatic carbocycles. The largest absolute Gasteiger partial charge is 0.389 e. The molecule has 1 aliphatic carbocycles. The average molecular weight is 246 g/mol. The number of nitrogens with one attached hydrogen (secondary N) is 1. The number of hydrogen-bond acceptors (Lipinski definition) is 4. The van der Waals surface area contributed by atoms with Gasteiger partial charge in [0.05, 0.1) is 18.4 Å². The molecule has 3 rings (SSSR count). The lowest BCUT2D eigenvalue weighted by atomic mass is 9.78. The number of rotatable bonds is 1. The monoisotopic (exact) mass is 246 g/mol. The number of aromatic nitrogens is 1. The summed E-state index contributed by atoms with van der Waals surface area (Å²) >= 11 is 0. The minimum absolute atomic E-state index is 0.196. The van der Waals surface area contributed by atoms with Crippen molar-refractivity contribution >= 4 is 5.57 Å². The summed E-state index contributed by atoms with van der Waals surface area (Å²) in [5, 5.41) is 13.3. The lowest BCUT2D eigenvalue weighted by Crippen LogP contribution is -2.47. The van der Waals surface area contributed by atoms with Crippen LogP contribution in [-0.2, 0) is 4.74 Å². The fraction of sp³-hybridized carbons (Fsp3) is 0.500. The third-order valence-electron chi connectivity index (χ3n) is 3.78. The quantitative estimate of drug-likeness (QED) is 0.785. The van der Waals surface area contributed by atoms with E-state index < -0.39 is 6.10 Å². The summed E-state index contributed by atoms with van der Waals surface area (Å²) in [6.45, 7) is 1.53. The average Bonchev–Trinajstić information content (AvgIpc) is 2.40. The van der Waals surface area contributed by atoms with Gasteiger partial charge in [-0.3, -0.25) is 10.3 Å². The van der Waals surface area contributed by atoms with E-state index in [1.54, 1.807) is 12.4 Å². The van der Waals surface area contributed by atoms with Crippen LogP contribution in [0.5, 0.6) is 0 Å². The van der Waals surface area contributed by atoms with E-state index in [1.807, 2.05) is 18.2 Å². The van der Waals surface area contributed by atoms with Gasteiger partial charge < -0.3 is 9.84 Å². The first-order valence-electron chi connectivity index (χ1n) is 6.41. The topological polar surface area (TPSA) is 54.4 Å². The van der Waals surface area contributed by atoms with Gasteiger partial charge in [0.1, 0.15) is 0 Å². The molecule has 96 valence electrons. The normalized spacial score (nSPS) is 32.3. The van der Waals surface area contributed by atoms with Crippen molar-refractivity contribution in [3.8, 4) is 0 Å². The molecule has 1 fully saturated rings. The number of hydrogen-bond donors (Lipinski definition) is 2. The summed E-state index contributed by atoms with van der Waals surface area (Å²) in [6, 6.07) is 3.97. The predicted molar refractivity (Wildman–Crippen MR) is 68.8 cm³/mol. The van der Waals surface area contributed by atoms with E-state index in [-0.39, 0.29) is 5.60 Å². The highest BCUT2D eigenvalue weighted by Gasteiger charge is 2.38. The van der Waals surface area contributed by atoms with Crippen molar-refractivity contribution in [2.45, 2.75) is 31.0 Å². The second-order valence-corrected chi connectivity index (χ2v) is 5.10. The van der Waals surface area contributed by atoms with Gasteiger partial charge in [0.25, 0.3) is 0 Å². The summed E-state index contributed by atoms with van der Waals surface area (Å²) < 4.78 is 5.90. The molecule has 0 amide bonds. The van der Waals surface area contributed by atoms with Crippen LogP contribution in [0.3, 0.4) is 0 Å². The molecule has 0 bridgehead atoms. The maximum Gasteiger partial charge on any atom is 0.0973 e. The van der Waals surface area contributed by atoms with Gasteiger partial charge in [-0.25, -0.2) is 0 Å². The van der Waals surface area contributed by atoms with Crippen molar-refractivity contribution in [3.63, 3.8) is 0 Å². The zero-order chi connectivity index (χ0) is 12.4. The van der Waals surface area contributed by atoms with Crippen LogP contribution < -0.4 is 5.32 Å². The third-order valence-corrected chi connectivity index (χ3v) is 3.78. The highest BCUT2D eigenvalue weighted by Crippen LogP contribution is 2.39. The first-order chi connectivity index (χ1) is 8.77. The summed E-state index contributed by atoms with van der Waals surface area (Å²) in [5.74, 6) is 0. The maximum atomic E-state index is 10.1. The van der Waals surface area contributed by atoms with Gasteiger partial charge >= 0.3 is 0 Å². The van der Waals surface area contributed by atoms with Crippen molar-refractivity contribution in [2.24, 2.45) is 0 Å². The Balaban J connectivity index is 1.87. The van der Waals surface area contributed by atoms with Crippen LogP contribution >= 0.6 is 0 Å². The minimum Gasteiger partial charge on any atom is -0.389 e. The fourth-order valence-corrected chi connectivity index (χ4v) is 2.88. The third kappa shape index (κ3) is 2.32. The molecule has 1 saturated heterocycles. The molecule has 1 aliphatic heterocycles. The SMILES string of the molecule is O[C@H]1C=C(c2ccncc2)C[C@]2(CCNCO2)C1. The number of pyridine rings is 1. The minimum atomic E-state index is -0.417. The van der Waals surface area contributed by atoms with E-state index in [0.717, 1.165) is 30.5 Å². The Morgan fingerprint density at radius 3 is 2.94 bits per heavy atom. The molecule has 18 heavy (non-hydrogen) atoms. The Labute approximate surface area is 107 Å². The summed E-state index contributed by atoms with van der Waals surface area (Å²) in [5.41, 5.74) is 2.10. The molecule has 4 nitrogen and oxygen atoms in total. The molecule has 2 atom stereocenters. The summed E-state index contributed by atoms with van der Waals surface area (Å²) in [7, 11) is 0. The first-order valence-corrected chi connectivity index (χ1v) is 6.41. The second kappa shape index (κ2) is 4.80. The Bertz CT molecular complexity index is 438. The van der Waals surface area contributed by atoms with E-state index in [2.05, 4.69) is 10.3 Å². The molecule has 4 heteroatoms. The van der Waals surface area contributed by atoms with Crippen LogP contribution in [0.25, 0.3) is 5.57 Å². The molecule has 2 heterocycles. The number of ether oxygens (including phenoxy) is 1. The molecule has 0 saturated carbocycles. The molecule has 0 unspecified atom stereocenters. The molecule has 1 aromatic rings. The van der Waals surface area contributed by atoms with Crippen LogP contribution in [0.15, 0.2) is 30.6 Å². The molecule has 2 aliphatic rings. The Kier molecular flexibility index (Phi) is 3.16. The highest BCUT2D eigenvalue weighted by atomic mass is 16.5. The lowest BCUT2D eigenvalue weighted by molar-refractivity contribution is -0.102. The van der Waals surface area contributed by atoms with Crippen molar-refractivity contribution < 1.29 is 9.84 Å². The standard InChI is InChI=1S/C14H18N2O2/c17-13-7-12(11-1-4-15-5-2-11)8-14(9-13)3-6-16-10-18-14/h1-2,4-5,7,13,16-17H,3,6,8-10H2/t13-,14+/m0/s1. The molecular weight excluding hydrogens is 228 g/mol. The van der Waals surface area contributed by atoms with Crippen LogP contribution in [0.2, 0.25) is 0 Å². The van der Waals surface area contributed by atoms with Crippen molar-refractivity contribution in [3.05, 3.63) is 36.2 Å². The lowest BCUT2D eigenvalue weighted by Gasteiger charge is -2.42. The zero-order valence-corrected chi connectivity index (χ0v) is 10.3. The smallest absolute Gasteiger partial charge is 0.0973 e. The Morgan fingerprint density at radius 1 is 1.39 bits per heavy atom. The van der Waals surface area contributed by atoms with Crippen LogP contribution in [-0.4, -0.2) is 35.1 Å². The molecule has 2 N–H and O–H groups in total. The maximum absolute atomic E-state index is 10.1. The Morgan fingerprint density at radius 2 is 2.22 bits per heavy atom. The second-order valence-electron chi connectivity index (χ2n) is 5.10. The molecular formula is C14H18N2O2. The fourth-order valence-electron chi connectivity index (χ4n) is 2.88. The van der Waals surface area contributed by atoms with E-state index in [9.17, 15) is 5.11 Å². The van der Waals surface area contributed by atoms with Crippen molar-refractivity contribution in [1.29, 1.82) is 0 Å². The van der Waals surface area contributed by atoms with E-state index in [0.29, 0.717) is 13.2 Å². The van der Waals surface area contributed by atoms with Gasteiger partial charge in [0, 0.05) is 25.2 Å². The highest BCUT2D eigenvalue weighted by molar-refractivity contribution is 5.67. The molecule has 1 aromatic heterocycles. The predicted octanol–water partition coefficient (Wildman–Crippen LogP) is 1.33. The van der Waals surface area contributed by atoms with Gasteiger partial charge in [-0.05, 0) is 36.2 Å². The van der Waals surface area contributed by atoms with Gasteiger partial charge in [-0.2, -0.15) is 0 Å². The van der Waals surface area contributed by atoms with Gasteiger partial charge in [-0.15, -0.1) is 0 Å². The Hall–Kier alpha value is -1.23. The van der Waals surface area contributed by atoms with Crippen LogP contribution in [0.1, 0.15) is 24.8 Å². The van der Waals surface area contributed by atoms with Gasteiger partial charge in [0.2, 0.25) is 0 Å². The number of nitrogens with zero attached hydrogens (tertiary/aromatic N) is 1. The van der Waals surface area contributed by atoms with E-state index >= 15 is 0 Å². The van der Waals surface area contributed by atoms with Crippen molar-refractivity contribution in [1.82, 2.24) is 10.3 Å². The van der Waals surface area contributed by atoms with E-state index in [4.69, 9.17) is 4.74 Å². The van der Waals surface area contributed by atoms with Gasteiger partial charge in [-0.1, -0.05) is 6.08 Å².